The third kappa shape index (κ3) is 3.17. The standard InChI is InChI=1S/C15H12F3NO/c1-9-2-4-10(5-3-9)8-19-15(20)11-6-12(16)14(18)13(17)7-11/h2-7H,8H2,1H3,(H,19,20). The van der Waals surface area contributed by atoms with Crippen molar-refractivity contribution in [2.45, 2.75) is 13.5 Å². The van der Waals surface area contributed by atoms with E-state index >= 15 is 0 Å². The summed E-state index contributed by atoms with van der Waals surface area (Å²) in [4.78, 5) is 11.7. The van der Waals surface area contributed by atoms with Crippen LogP contribution in [-0.4, -0.2) is 5.91 Å². The van der Waals surface area contributed by atoms with Crippen LogP contribution in [0.2, 0.25) is 0 Å². The Morgan fingerprint density at radius 2 is 1.60 bits per heavy atom. The second-order valence-electron chi connectivity index (χ2n) is 4.42. The number of halogens is 3. The Bertz CT molecular complexity index is 615. The maximum Gasteiger partial charge on any atom is 0.251 e. The number of amides is 1. The van der Waals surface area contributed by atoms with Crippen LogP contribution >= 0.6 is 0 Å². The van der Waals surface area contributed by atoms with Crippen LogP contribution in [0.25, 0.3) is 0 Å². The molecule has 0 bridgehead atoms. The summed E-state index contributed by atoms with van der Waals surface area (Å²) >= 11 is 0. The van der Waals surface area contributed by atoms with Gasteiger partial charge in [0.2, 0.25) is 0 Å². The molecule has 2 rings (SSSR count). The first-order valence-corrected chi connectivity index (χ1v) is 5.95. The predicted octanol–water partition coefficient (Wildman–Crippen LogP) is 3.34. The number of carbonyl (C=O) groups is 1. The van der Waals surface area contributed by atoms with Gasteiger partial charge in [0.1, 0.15) is 0 Å². The molecule has 0 saturated heterocycles. The van der Waals surface area contributed by atoms with Gasteiger partial charge in [-0.3, -0.25) is 4.79 Å². The molecule has 0 spiro atoms. The molecule has 2 aromatic rings. The molecular formula is C15H12F3NO. The molecule has 1 N–H and O–H groups in total. The van der Waals surface area contributed by atoms with E-state index in [0.29, 0.717) is 12.1 Å². The van der Waals surface area contributed by atoms with Crippen LogP contribution in [0.3, 0.4) is 0 Å². The summed E-state index contributed by atoms with van der Waals surface area (Å²) in [5, 5.41) is 2.51. The molecule has 0 fully saturated rings. The van der Waals surface area contributed by atoms with E-state index in [-0.39, 0.29) is 12.1 Å². The molecule has 20 heavy (non-hydrogen) atoms. The molecule has 2 aromatic carbocycles. The summed E-state index contributed by atoms with van der Waals surface area (Å²) < 4.78 is 38.8. The van der Waals surface area contributed by atoms with Crippen LogP contribution in [0.1, 0.15) is 21.5 Å². The van der Waals surface area contributed by atoms with Crippen LogP contribution in [0.5, 0.6) is 0 Å². The van der Waals surface area contributed by atoms with Crippen molar-refractivity contribution >= 4 is 5.91 Å². The van der Waals surface area contributed by atoms with E-state index in [2.05, 4.69) is 5.32 Å². The highest BCUT2D eigenvalue weighted by Crippen LogP contribution is 2.13. The molecule has 0 heterocycles. The van der Waals surface area contributed by atoms with Gasteiger partial charge in [0.05, 0.1) is 0 Å². The second-order valence-corrected chi connectivity index (χ2v) is 4.42. The van der Waals surface area contributed by atoms with Gasteiger partial charge in [-0.2, -0.15) is 0 Å². The summed E-state index contributed by atoms with van der Waals surface area (Å²) in [5.41, 5.74) is 1.68. The number of rotatable bonds is 3. The molecule has 0 aliphatic heterocycles. The first kappa shape index (κ1) is 14.1. The van der Waals surface area contributed by atoms with Gasteiger partial charge < -0.3 is 5.32 Å². The number of carbonyl (C=O) groups excluding carboxylic acids is 1. The zero-order valence-electron chi connectivity index (χ0n) is 10.7. The third-order valence-electron chi connectivity index (χ3n) is 2.82. The monoisotopic (exact) mass is 279 g/mol. The van der Waals surface area contributed by atoms with Gasteiger partial charge in [-0.25, -0.2) is 13.2 Å². The van der Waals surface area contributed by atoms with Crippen LogP contribution < -0.4 is 5.32 Å². The fourth-order valence-corrected chi connectivity index (χ4v) is 1.68. The van der Waals surface area contributed by atoms with E-state index in [0.717, 1.165) is 11.1 Å². The Hall–Kier alpha value is -2.30. The summed E-state index contributed by atoms with van der Waals surface area (Å²) in [6, 6.07) is 8.78. The van der Waals surface area contributed by atoms with E-state index in [1.165, 1.54) is 0 Å². The molecule has 0 aliphatic rings. The van der Waals surface area contributed by atoms with Crippen LogP contribution in [-0.2, 0) is 6.54 Å². The fraction of sp³-hybridized carbons (Fsp3) is 0.133. The van der Waals surface area contributed by atoms with Crippen molar-refractivity contribution in [3.05, 3.63) is 70.5 Å². The molecule has 0 saturated carbocycles. The molecule has 0 aromatic heterocycles. The summed E-state index contributed by atoms with van der Waals surface area (Å²) in [5.74, 6) is -5.01. The van der Waals surface area contributed by atoms with Crippen molar-refractivity contribution in [1.82, 2.24) is 5.32 Å². The number of aryl methyl sites for hydroxylation is 1. The number of hydrogen-bond donors (Lipinski definition) is 1. The zero-order valence-corrected chi connectivity index (χ0v) is 10.7. The Morgan fingerprint density at radius 3 is 2.15 bits per heavy atom. The predicted molar refractivity (Wildman–Crippen MR) is 68.7 cm³/mol. The molecular weight excluding hydrogens is 267 g/mol. The molecule has 1 amide bonds. The van der Waals surface area contributed by atoms with E-state index in [4.69, 9.17) is 0 Å². The largest absolute Gasteiger partial charge is 0.348 e. The normalized spacial score (nSPS) is 10.4. The van der Waals surface area contributed by atoms with Crippen molar-refractivity contribution in [2.24, 2.45) is 0 Å². The van der Waals surface area contributed by atoms with Crippen LogP contribution in [0.15, 0.2) is 36.4 Å². The molecule has 0 aliphatic carbocycles. The van der Waals surface area contributed by atoms with Crippen molar-refractivity contribution in [3.63, 3.8) is 0 Å². The van der Waals surface area contributed by atoms with Gasteiger partial charge in [-0.05, 0) is 24.6 Å². The Balaban J connectivity index is 2.07. The Morgan fingerprint density at radius 1 is 1.05 bits per heavy atom. The quantitative estimate of drug-likeness (QED) is 0.858. The maximum absolute atomic E-state index is 13.0. The Labute approximate surface area is 114 Å². The summed E-state index contributed by atoms with van der Waals surface area (Å²) in [6.07, 6.45) is 0. The van der Waals surface area contributed by atoms with E-state index < -0.39 is 23.4 Å². The lowest BCUT2D eigenvalue weighted by molar-refractivity contribution is 0.0949. The molecule has 0 atom stereocenters. The SMILES string of the molecule is Cc1ccc(CNC(=O)c2cc(F)c(F)c(F)c2)cc1. The number of nitrogens with one attached hydrogen (secondary N) is 1. The Kier molecular flexibility index (Phi) is 4.08. The van der Waals surface area contributed by atoms with E-state index in [1.54, 1.807) is 0 Å². The fourth-order valence-electron chi connectivity index (χ4n) is 1.68. The molecule has 104 valence electrons. The highest BCUT2D eigenvalue weighted by Gasteiger charge is 2.14. The lowest BCUT2D eigenvalue weighted by atomic mass is 10.1. The lowest BCUT2D eigenvalue weighted by Crippen LogP contribution is -2.23. The maximum atomic E-state index is 13.0. The van der Waals surface area contributed by atoms with Crippen LogP contribution in [0, 0.1) is 24.4 Å². The van der Waals surface area contributed by atoms with E-state index in [9.17, 15) is 18.0 Å². The topological polar surface area (TPSA) is 29.1 Å². The molecule has 5 heteroatoms. The second kappa shape index (κ2) is 5.77. The van der Waals surface area contributed by atoms with Crippen LogP contribution in [0.4, 0.5) is 13.2 Å². The van der Waals surface area contributed by atoms with Crippen molar-refractivity contribution < 1.29 is 18.0 Å². The van der Waals surface area contributed by atoms with Crippen molar-refractivity contribution in [2.75, 3.05) is 0 Å². The smallest absolute Gasteiger partial charge is 0.251 e. The minimum absolute atomic E-state index is 0.222. The summed E-state index contributed by atoms with van der Waals surface area (Å²) in [6.45, 7) is 2.16. The van der Waals surface area contributed by atoms with Gasteiger partial charge in [0.25, 0.3) is 5.91 Å². The average Bonchev–Trinajstić information content (AvgIpc) is 2.43. The number of hydrogen-bond acceptors (Lipinski definition) is 1. The first-order chi connectivity index (χ1) is 9.47. The van der Waals surface area contributed by atoms with Gasteiger partial charge >= 0.3 is 0 Å². The average molecular weight is 279 g/mol. The van der Waals surface area contributed by atoms with E-state index in [1.807, 2.05) is 31.2 Å². The van der Waals surface area contributed by atoms with Gasteiger partial charge in [-0.1, -0.05) is 29.8 Å². The molecule has 0 unspecified atom stereocenters. The highest BCUT2D eigenvalue weighted by atomic mass is 19.2. The minimum atomic E-state index is -1.58. The minimum Gasteiger partial charge on any atom is -0.348 e. The van der Waals surface area contributed by atoms with Gasteiger partial charge in [0, 0.05) is 12.1 Å². The zero-order chi connectivity index (χ0) is 14.7. The van der Waals surface area contributed by atoms with Crippen molar-refractivity contribution in [3.8, 4) is 0 Å². The lowest BCUT2D eigenvalue weighted by Gasteiger charge is -2.06. The molecule has 0 radical (unpaired) electrons. The molecule has 2 nitrogen and oxygen atoms in total. The number of benzene rings is 2. The van der Waals surface area contributed by atoms with Gasteiger partial charge in [-0.15, -0.1) is 0 Å². The first-order valence-electron chi connectivity index (χ1n) is 5.95. The van der Waals surface area contributed by atoms with Gasteiger partial charge in [0.15, 0.2) is 17.5 Å². The summed E-state index contributed by atoms with van der Waals surface area (Å²) in [7, 11) is 0. The third-order valence-corrected chi connectivity index (χ3v) is 2.82. The van der Waals surface area contributed by atoms with Crippen molar-refractivity contribution in [1.29, 1.82) is 0 Å². The highest BCUT2D eigenvalue weighted by molar-refractivity contribution is 5.94.